The van der Waals surface area contributed by atoms with Crippen LogP contribution in [0.1, 0.15) is 12.5 Å². The molecule has 2 N–H and O–H groups in total. The van der Waals surface area contributed by atoms with E-state index in [2.05, 4.69) is 10.3 Å². The maximum Gasteiger partial charge on any atom is 0.404 e. The van der Waals surface area contributed by atoms with Crippen LogP contribution in [-0.4, -0.2) is 35.0 Å². The number of nitrogens with zero attached hydrogens (tertiary/aromatic N) is 1. The van der Waals surface area contributed by atoms with E-state index < -0.39 is 18.3 Å². The standard InChI is InChI=1S/C11H15F3N2O/c1-8(7-17)16-10(11(12,13)14)6-9-2-4-15-5-3-9/h2-5,8,10,16-17H,6-7H2,1H3/t8-,10?/m1/s1. The molecule has 1 unspecified atom stereocenters. The molecule has 1 rings (SSSR count). The van der Waals surface area contributed by atoms with Gasteiger partial charge in [0.1, 0.15) is 6.04 Å². The van der Waals surface area contributed by atoms with E-state index in [1.54, 1.807) is 12.1 Å². The molecule has 1 aromatic rings. The Morgan fingerprint density at radius 2 is 1.94 bits per heavy atom. The number of alkyl halides is 3. The Morgan fingerprint density at radius 1 is 1.35 bits per heavy atom. The summed E-state index contributed by atoms with van der Waals surface area (Å²) < 4.78 is 38.2. The average molecular weight is 248 g/mol. The van der Waals surface area contributed by atoms with Crippen LogP contribution in [0.3, 0.4) is 0 Å². The second kappa shape index (κ2) is 5.97. The quantitative estimate of drug-likeness (QED) is 0.830. The van der Waals surface area contributed by atoms with Gasteiger partial charge in [-0.25, -0.2) is 0 Å². The summed E-state index contributed by atoms with van der Waals surface area (Å²) in [5.41, 5.74) is 0.556. The normalized spacial score (nSPS) is 15.6. The Bertz CT molecular complexity index is 329. The van der Waals surface area contributed by atoms with Crippen LogP contribution in [-0.2, 0) is 6.42 Å². The summed E-state index contributed by atoms with van der Waals surface area (Å²) in [6.45, 7) is 1.17. The van der Waals surface area contributed by atoms with Gasteiger partial charge in [0.05, 0.1) is 6.61 Å². The van der Waals surface area contributed by atoms with E-state index in [1.165, 1.54) is 19.3 Å². The number of pyridine rings is 1. The first-order chi connectivity index (χ1) is 7.93. The molecule has 0 aliphatic heterocycles. The first-order valence-corrected chi connectivity index (χ1v) is 5.26. The second-order valence-corrected chi connectivity index (χ2v) is 3.90. The lowest BCUT2D eigenvalue weighted by atomic mass is 10.1. The van der Waals surface area contributed by atoms with Gasteiger partial charge in [-0.2, -0.15) is 13.2 Å². The molecule has 1 aromatic heterocycles. The number of rotatable bonds is 5. The summed E-state index contributed by atoms with van der Waals surface area (Å²) in [4.78, 5) is 3.75. The number of aliphatic hydroxyl groups is 1. The lowest BCUT2D eigenvalue weighted by molar-refractivity contribution is -0.157. The minimum atomic E-state index is -4.34. The molecular formula is C11H15F3N2O. The van der Waals surface area contributed by atoms with Crippen LogP contribution >= 0.6 is 0 Å². The smallest absolute Gasteiger partial charge is 0.395 e. The molecule has 96 valence electrons. The van der Waals surface area contributed by atoms with Crippen LogP contribution < -0.4 is 5.32 Å². The fourth-order valence-electron chi connectivity index (χ4n) is 1.42. The van der Waals surface area contributed by atoms with Gasteiger partial charge in [-0.05, 0) is 31.0 Å². The van der Waals surface area contributed by atoms with Crippen LogP contribution in [0.5, 0.6) is 0 Å². The zero-order valence-electron chi connectivity index (χ0n) is 9.41. The third-order valence-corrected chi connectivity index (χ3v) is 2.34. The molecule has 1 heterocycles. The fourth-order valence-corrected chi connectivity index (χ4v) is 1.42. The van der Waals surface area contributed by atoms with Crippen molar-refractivity contribution in [3.63, 3.8) is 0 Å². The van der Waals surface area contributed by atoms with Crippen molar-refractivity contribution < 1.29 is 18.3 Å². The van der Waals surface area contributed by atoms with Crippen molar-refractivity contribution in [2.24, 2.45) is 0 Å². The maximum atomic E-state index is 12.7. The Balaban J connectivity index is 2.71. The molecule has 0 bridgehead atoms. The molecule has 0 spiro atoms. The summed E-state index contributed by atoms with van der Waals surface area (Å²) in [6.07, 6.45) is -1.60. The van der Waals surface area contributed by atoms with Crippen molar-refractivity contribution in [3.05, 3.63) is 30.1 Å². The van der Waals surface area contributed by atoms with Gasteiger partial charge in [-0.1, -0.05) is 0 Å². The molecule has 2 atom stereocenters. The zero-order chi connectivity index (χ0) is 12.9. The summed E-state index contributed by atoms with van der Waals surface area (Å²) in [6, 6.07) is 0.837. The predicted octanol–water partition coefficient (Wildman–Crippen LogP) is 1.53. The predicted molar refractivity (Wildman–Crippen MR) is 57.5 cm³/mol. The van der Waals surface area contributed by atoms with Gasteiger partial charge in [0.2, 0.25) is 0 Å². The minimum absolute atomic E-state index is 0.170. The third kappa shape index (κ3) is 4.70. The molecule has 3 nitrogen and oxygen atoms in total. The van der Waals surface area contributed by atoms with Crippen molar-refractivity contribution in [1.29, 1.82) is 0 Å². The van der Waals surface area contributed by atoms with Crippen molar-refractivity contribution in [1.82, 2.24) is 10.3 Å². The van der Waals surface area contributed by atoms with Crippen molar-refractivity contribution in [2.75, 3.05) is 6.61 Å². The van der Waals surface area contributed by atoms with Gasteiger partial charge in [-0.15, -0.1) is 0 Å². The molecule has 0 aliphatic carbocycles. The van der Waals surface area contributed by atoms with E-state index in [0.717, 1.165) is 0 Å². The highest BCUT2D eigenvalue weighted by molar-refractivity contribution is 5.12. The van der Waals surface area contributed by atoms with E-state index in [4.69, 9.17) is 5.11 Å². The highest BCUT2D eigenvalue weighted by Crippen LogP contribution is 2.23. The fraction of sp³-hybridized carbons (Fsp3) is 0.545. The van der Waals surface area contributed by atoms with Gasteiger partial charge >= 0.3 is 6.18 Å². The SMILES string of the molecule is C[C@H](CO)NC(Cc1ccncc1)C(F)(F)F. The average Bonchev–Trinajstić information content (AvgIpc) is 2.28. The van der Waals surface area contributed by atoms with Crippen LogP contribution in [0.4, 0.5) is 13.2 Å². The molecule has 0 radical (unpaired) electrons. The van der Waals surface area contributed by atoms with E-state index in [1.807, 2.05) is 0 Å². The molecular weight excluding hydrogens is 233 g/mol. The lowest BCUT2D eigenvalue weighted by Gasteiger charge is -2.24. The number of nitrogens with one attached hydrogen (secondary N) is 1. The molecule has 0 saturated heterocycles. The third-order valence-electron chi connectivity index (χ3n) is 2.34. The highest BCUT2D eigenvalue weighted by Gasteiger charge is 2.39. The van der Waals surface area contributed by atoms with Gasteiger partial charge in [0, 0.05) is 18.4 Å². The lowest BCUT2D eigenvalue weighted by Crippen LogP contribution is -2.48. The van der Waals surface area contributed by atoms with Crippen LogP contribution in [0.25, 0.3) is 0 Å². The Morgan fingerprint density at radius 3 is 2.41 bits per heavy atom. The van der Waals surface area contributed by atoms with E-state index in [-0.39, 0.29) is 13.0 Å². The first kappa shape index (κ1) is 13.9. The zero-order valence-corrected chi connectivity index (χ0v) is 9.41. The molecule has 0 fully saturated rings. The molecule has 6 heteroatoms. The Hall–Kier alpha value is -1.14. The maximum absolute atomic E-state index is 12.7. The molecule has 0 aromatic carbocycles. The first-order valence-electron chi connectivity index (χ1n) is 5.26. The number of halogens is 3. The van der Waals surface area contributed by atoms with E-state index in [9.17, 15) is 13.2 Å². The number of aromatic nitrogens is 1. The Kier molecular flexibility index (Phi) is 4.89. The highest BCUT2D eigenvalue weighted by atomic mass is 19.4. The second-order valence-electron chi connectivity index (χ2n) is 3.90. The van der Waals surface area contributed by atoms with Gasteiger partial charge < -0.3 is 10.4 Å². The minimum Gasteiger partial charge on any atom is -0.395 e. The number of hydrogen-bond acceptors (Lipinski definition) is 3. The van der Waals surface area contributed by atoms with Gasteiger partial charge in [0.25, 0.3) is 0 Å². The number of aliphatic hydroxyl groups excluding tert-OH is 1. The van der Waals surface area contributed by atoms with E-state index >= 15 is 0 Å². The van der Waals surface area contributed by atoms with Crippen molar-refractivity contribution >= 4 is 0 Å². The largest absolute Gasteiger partial charge is 0.404 e. The van der Waals surface area contributed by atoms with Crippen LogP contribution in [0.2, 0.25) is 0 Å². The van der Waals surface area contributed by atoms with Crippen LogP contribution in [0, 0.1) is 0 Å². The summed E-state index contributed by atoms with van der Waals surface area (Å²) >= 11 is 0. The van der Waals surface area contributed by atoms with Gasteiger partial charge in [0.15, 0.2) is 0 Å². The van der Waals surface area contributed by atoms with Crippen molar-refractivity contribution in [3.8, 4) is 0 Å². The monoisotopic (exact) mass is 248 g/mol. The molecule has 0 saturated carbocycles. The molecule has 0 amide bonds. The van der Waals surface area contributed by atoms with Crippen molar-refractivity contribution in [2.45, 2.75) is 31.6 Å². The topological polar surface area (TPSA) is 45.1 Å². The molecule has 0 aliphatic rings. The Labute approximate surface area is 97.7 Å². The number of hydrogen-bond donors (Lipinski definition) is 2. The summed E-state index contributed by atoms with van der Waals surface area (Å²) in [7, 11) is 0. The van der Waals surface area contributed by atoms with Crippen LogP contribution in [0.15, 0.2) is 24.5 Å². The molecule has 17 heavy (non-hydrogen) atoms. The van der Waals surface area contributed by atoms with Gasteiger partial charge in [-0.3, -0.25) is 4.98 Å². The van der Waals surface area contributed by atoms with E-state index in [0.29, 0.717) is 5.56 Å². The summed E-state index contributed by atoms with van der Waals surface area (Å²) in [5, 5.41) is 11.1. The summed E-state index contributed by atoms with van der Waals surface area (Å²) in [5.74, 6) is 0.